The minimum atomic E-state index is 0. The molecule has 0 radical (unpaired) electrons. The van der Waals surface area contributed by atoms with Gasteiger partial charge in [-0.3, -0.25) is 0 Å². The molecule has 1 saturated heterocycles. The molecular formula is C18H30IN3O2. The van der Waals surface area contributed by atoms with Crippen LogP contribution in [-0.4, -0.2) is 45.5 Å². The van der Waals surface area contributed by atoms with Crippen molar-refractivity contribution in [2.45, 2.75) is 26.3 Å². The maximum absolute atomic E-state index is 5.71. The number of ether oxygens (including phenoxy) is 2. The molecule has 1 unspecified atom stereocenters. The second kappa shape index (κ2) is 13.4. The third-order valence-corrected chi connectivity index (χ3v) is 3.74. The Morgan fingerprint density at radius 2 is 2.12 bits per heavy atom. The minimum Gasteiger partial charge on any atom is -0.381 e. The Morgan fingerprint density at radius 1 is 1.29 bits per heavy atom. The van der Waals surface area contributed by atoms with Gasteiger partial charge in [-0.1, -0.05) is 30.3 Å². The van der Waals surface area contributed by atoms with Crippen LogP contribution in [0.2, 0.25) is 0 Å². The van der Waals surface area contributed by atoms with Crippen LogP contribution in [0, 0.1) is 5.92 Å². The Hall–Kier alpha value is -0.860. The van der Waals surface area contributed by atoms with Crippen molar-refractivity contribution in [3.05, 3.63) is 35.9 Å². The molecule has 1 aliphatic heterocycles. The third-order valence-electron chi connectivity index (χ3n) is 3.74. The van der Waals surface area contributed by atoms with Crippen LogP contribution >= 0.6 is 24.0 Å². The van der Waals surface area contributed by atoms with Crippen LogP contribution < -0.4 is 10.6 Å². The lowest BCUT2D eigenvalue weighted by molar-refractivity contribution is 0.0888. The molecule has 0 spiro atoms. The summed E-state index contributed by atoms with van der Waals surface area (Å²) in [5, 5.41) is 6.62. The summed E-state index contributed by atoms with van der Waals surface area (Å²) in [4.78, 5) is 4.60. The van der Waals surface area contributed by atoms with E-state index in [4.69, 9.17) is 9.47 Å². The molecule has 5 nitrogen and oxygen atoms in total. The molecule has 1 aromatic rings. The summed E-state index contributed by atoms with van der Waals surface area (Å²) in [6, 6.07) is 10.3. The summed E-state index contributed by atoms with van der Waals surface area (Å²) in [5.41, 5.74) is 1.21. The van der Waals surface area contributed by atoms with E-state index in [1.807, 2.05) is 18.2 Å². The van der Waals surface area contributed by atoms with Gasteiger partial charge in [0.15, 0.2) is 5.96 Å². The summed E-state index contributed by atoms with van der Waals surface area (Å²) in [7, 11) is 0. The van der Waals surface area contributed by atoms with Crippen molar-refractivity contribution in [1.29, 1.82) is 0 Å². The predicted molar refractivity (Wildman–Crippen MR) is 109 cm³/mol. The van der Waals surface area contributed by atoms with Crippen LogP contribution in [0.1, 0.15) is 25.3 Å². The zero-order valence-corrected chi connectivity index (χ0v) is 16.8. The molecule has 0 amide bonds. The average molecular weight is 447 g/mol. The van der Waals surface area contributed by atoms with Gasteiger partial charge in [-0.2, -0.15) is 0 Å². The average Bonchev–Trinajstić information content (AvgIpc) is 3.10. The summed E-state index contributed by atoms with van der Waals surface area (Å²) in [6.45, 7) is 7.83. The number of hydrogen-bond donors (Lipinski definition) is 2. The lowest BCUT2D eigenvalue weighted by Gasteiger charge is -2.12. The molecule has 136 valence electrons. The molecule has 1 heterocycles. The minimum absolute atomic E-state index is 0. The largest absolute Gasteiger partial charge is 0.381 e. The van der Waals surface area contributed by atoms with Gasteiger partial charge in [0.25, 0.3) is 0 Å². The zero-order chi connectivity index (χ0) is 16.2. The van der Waals surface area contributed by atoms with Crippen LogP contribution in [0.15, 0.2) is 35.3 Å². The van der Waals surface area contributed by atoms with Crippen molar-refractivity contribution in [3.63, 3.8) is 0 Å². The lowest BCUT2D eigenvalue weighted by Crippen LogP contribution is -2.38. The van der Waals surface area contributed by atoms with Crippen LogP contribution in [0.4, 0.5) is 0 Å². The molecule has 2 rings (SSSR count). The van der Waals surface area contributed by atoms with Crippen molar-refractivity contribution in [2.75, 3.05) is 39.5 Å². The first-order valence-electron chi connectivity index (χ1n) is 8.60. The molecule has 1 aliphatic rings. The standard InChI is InChI=1S/C18H29N3O2.HI/c1-2-19-18(21-13-16-7-4-3-5-8-16)20-10-6-11-22-14-17-9-12-23-15-17;/h3-5,7-8,17H,2,6,9-15H2,1H3,(H2,19,20,21);1H. The van der Waals surface area contributed by atoms with Gasteiger partial charge >= 0.3 is 0 Å². The Balaban J connectivity index is 0.00000288. The van der Waals surface area contributed by atoms with Crippen LogP contribution in [0.5, 0.6) is 0 Å². The van der Waals surface area contributed by atoms with Crippen molar-refractivity contribution >= 4 is 29.9 Å². The Bertz CT molecular complexity index is 451. The first-order chi connectivity index (χ1) is 11.4. The van der Waals surface area contributed by atoms with Gasteiger partial charge in [0.2, 0.25) is 0 Å². The summed E-state index contributed by atoms with van der Waals surface area (Å²) >= 11 is 0. The van der Waals surface area contributed by atoms with E-state index in [9.17, 15) is 0 Å². The number of guanidine groups is 1. The van der Waals surface area contributed by atoms with Crippen molar-refractivity contribution in [1.82, 2.24) is 10.6 Å². The lowest BCUT2D eigenvalue weighted by atomic mass is 10.1. The number of hydrogen-bond acceptors (Lipinski definition) is 3. The smallest absolute Gasteiger partial charge is 0.191 e. The number of benzene rings is 1. The van der Waals surface area contributed by atoms with Crippen molar-refractivity contribution in [2.24, 2.45) is 10.9 Å². The molecule has 1 aromatic carbocycles. The first kappa shape index (κ1) is 21.2. The Kier molecular flexibility index (Phi) is 11.9. The molecule has 24 heavy (non-hydrogen) atoms. The zero-order valence-electron chi connectivity index (χ0n) is 14.5. The number of nitrogens with one attached hydrogen (secondary N) is 2. The van der Waals surface area contributed by atoms with Gasteiger partial charge in [-0.05, 0) is 25.3 Å². The van der Waals surface area contributed by atoms with Gasteiger partial charge < -0.3 is 20.1 Å². The van der Waals surface area contributed by atoms with E-state index in [1.54, 1.807) is 0 Å². The Labute approximate surface area is 162 Å². The molecule has 0 bridgehead atoms. The highest BCUT2D eigenvalue weighted by atomic mass is 127. The topological polar surface area (TPSA) is 54.9 Å². The molecular weight excluding hydrogens is 417 g/mol. The summed E-state index contributed by atoms with van der Waals surface area (Å²) in [5.74, 6) is 1.45. The van der Waals surface area contributed by atoms with Gasteiger partial charge in [0, 0.05) is 32.2 Å². The van der Waals surface area contributed by atoms with E-state index < -0.39 is 0 Å². The maximum atomic E-state index is 5.71. The van der Waals surface area contributed by atoms with Crippen LogP contribution in [0.25, 0.3) is 0 Å². The van der Waals surface area contributed by atoms with Crippen LogP contribution in [-0.2, 0) is 16.0 Å². The third kappa shape index (κ3) is 8.84. The predicted octanol–water partition coefficient (Wildman–Crippen LogP) is 2.80. The number of rotatable bonds is 9. The van der Waals surface area contributed by atoms with E-state index >= 15 is 0 Å². The molecule has 0 aliphatic carbocycles. The van der Waals surface area contributed by atoms with Gasteiger partial charge in [0.1, 0.15) is 0 Å². The summed E-state index contributed by atoms with van der Waals surface area (Å²) in [6.07, 6.45) is 2.11. The monoisotopic (exact) mass is 447 g/mol. The first-order valence-corrected chi connectivity index (χ1v) is 8.60. The fraction of sp³-hybridized carbons (Fsp3) is 0.611. The molecule has 2 N–H and O–H groups in total. The molecule has 0 aromatic heterocycles. The Morgan fingerprint density at radius 3 is 2.83 bits per heavy atom. The second-order valence-electron chi connectivity index (χ2n) is 5.77. The fourth-order valence-corrected chi connectivity index (χ4v) is 2.44. The van der Waals surface area contributed by atoms with Crippen molar-refractivity contribution in [3.8, 4) is 0 Å². The maximum Gasteiger partial charge on any atom is 0.191 e. The van der Waals surface area contributed by atoms with Gasteiger partial charge in [0.05, 0.1) is 19.8 Å². The van der Waals surface area contributed by atoms with E-state index in [-0.39, 0.29) is 24.0 Å². The normalized spacial score (nSPS) is 17.4. The molecule has 1 atom stereocenters. The number of nitrogens with zero attached hydrogens (tertiary/aromatic N) is 1. The van der Waals surface area contributed by atoms with E-state index in [2.05, 4.69) is 34.7 Å². The second-order valence-corrected chi connectivity index (χ2v) is 5.77. The van der Waals surface area contributed by atoms with Crippen LogP contribution in [0.3, 0.4) is 0 Å². The highest BCUT2D eigenvalue weighted by Crippen LogP contribution is 2.12. The van der Waals surface area contributed by atoms with E-state index in [1.165, 1.54) is 5.56 Å². The highest BCUT2D eigenvalue weighted by Gasteiger charge is 2.15. The van der Waals surface area contributed by atoms with Gasteiger partial charge in [-0.15, -0.1) is 24.0 Å². The summed E-state index contributed by atoms with van der Waals surface area (Å²) < 4.78 is 11.0. The van der Waals surface area contributed by atoms with Crippen molar-refractivity contribution < 1.29 is 9.47 Å². The number of halogens is 1. The molecule has 6 heteroatoms. The van der Waals surface area contributed by atoms with Gasteiger partial charge in [-0.25, -0.2) is 4.99 Å². The quantitative estimate of drug-likeness (QED) is 0.265. The SMILES string of the molecule is CCNC(=NCc1ccccc1)NCCCOCC1CCOC1.I. The highest BCUT2D eigenvalue weighted by molar-refractivity contribution is 14.0. The van der Waals surface area contributed by atoms with E-state index in [0.29, 0.717) is 12.5 Å². The van der Waals surface area contributed by atoms with E-state index in [0.717, 1.165) is 58.3 Å². The molecule has 1 fully saturated rings. The molecule has 0 saturated carbocycles. The number of aliphatic imine (C=N–C) groups is 1. The fourth-order valence-electron chi connectivity index (χ4n) is 2.44.